The summed E-state index contributed by atoms with van der Waals surface area (Å²) in [5.74, 6) is -10.8. The van der Waals surface area contributed by atoms with E-state index in [9.17, 15) is 30.7 Å². The normalized spacial score (nSPS) is 59.1. The number of hydrogen-bond acceptors (Lipinski definition) is 1. The van der Waals surface area contributed by atoms with Crippen molar-refractivity contribution in [3.63, 3.8) is 0 Å². The first-order chi connectivity index (χ1) is 7.96. The van der Waals surface area contributed by atoms with Crippen LogP contribution >= 0.6 is 11.8 Å². The summed E-state index contributed by atoms with van der Waals surface area (Å²) in [7, 11) is 0. The topological polar surface area (TPSA) is 0 Å². The van der Waals surface area contributed by atoms with Crippen LogP contribution in [0.3, 0.4) is 0 Å². The first-order valence-corrected chi connectivity index (χ1v) is 6.06. The number of thioether (sulfide) groups is 1. The van der Waals surface area contributed by atoms with E-state index in [-0.39, 0.29) is 6.92 Å². The van der Waals surface area contributed by atoms with Crippen LogP contribution in [0, 0.1) is 0 Å². The van der Waals surface area contributed by atoms with Crippen molar-refractivity contribution < 1.29 is 30.7 Å². The molecule has 5 unspecified atom stereocenters. The molecule has 1 saturated heterocycles. The van der Waals surface area contributed by atoms with Gasteiger partial charge in [-0.25, -0.2) is 13.2 Å². The zero-order chi connectivity index (χ0) is 13.8. The minimum atomic E-state index is -5.40. The highest BCUT2D eigenvalue weighted by Crippen LogP contribution is 2.76. The van der Waals surface area contributed by atoms with Crippen molar-refractivity contribution in [2.75, 3.05) is 0 Å². The molecule has 3 aliphatic rings. The molecule has 0 nitrogen and oxygen atoms in total. The highest BCUT2D eigenvalue weighted by molar-refractivity contribution is 8.01. The molecule has 5 atom stereocenters. The summed E-state index contributed by atoms with van der Waals surface area (Å²) in [4.78, 5) is 0. The molecule has 1 saturated carbocycles. The van der Waals surface area contributed by atoms with E-state index in [1.165, 1.54) is 0 Å². The molecule has 2 fully saturated rings. The molecule has 0 aromatic rings. The number of hydrogen-bond donors (Lipinski definition) is 0. The molecule has 0 aromatic carbocycles. The predicted molar refractivity (Wildman–Crippen MR) is 51.4 cm³/mol. The monoisotopic (exact) mass is 292 g/mol. The quantitative estimate of drug-likeness (QED) is 0.486. The average Bonchev–Trinajstić information content (AvgIpc) is 2.82. The van der Waals surface area contributed by atoms with Gasteiger partial charge in [-0.1, -0.05) is 12.2 Å². The smallest absolute Gasteiger partial charge is 0.235 e. The third-order valence-electron chi connectivity index (χ3n) is 4.19. The Labute approximate surface area is 102 Å². The summed E-state index contributed by atoms with van der Waals surface area (Å²) in [5, 5.41) is -3.47. The molecule has 2 bridgehead atoms. The average molecular weight is 292 g/mol. The van der Waals surface area contributed by atoms with Gasteiger partial charge in [0.2, 0.25) is 17.0 Å². The van der Waals surface area contributed by atoms with Crippen molar-refractivity contribution in [3.8, 4) is 0 Å². The van der Waals surface area contributed by atoms with Crippen LogP contribution in [0.25, 0.3) is 0 Å². The van der Waals surface area contributed by atoms with E-state index in [0.29, 0.717) is 11.8 Å². The molecule has 0 N–H and O–H groups in total. The van der Waals surface area contributed by atoms with Crippen molar-refractivity contribution >= 4 is 11.8 Å². The van der Waals surface area contributed by atoms with Crippen LogP contribution in [-0.2, 0) is 0 Å². The van der Waals surface area contributed by atoms with Gasteiger partial charge in [-0.05, 0) is 6.92 Å². The Morgan fingerprint density at radius 3 is 1.67 bits per heavy atom. The van der Waals surface area contributed by atoms with E-state index in [2.05, 4.69) is 0 Å². The van der Waals surface area contributed by atoms with Gasteiger partial charge in [0.05, 0.1) is 10.5 Å². The summed E-state index contributed by atoms with van der Waals surface area (Å²) in [6, 6.07) is 0. The van der Waals surface area contributed by atoms with Crippen molar-refractivity contribution in [1.82, 2.24) is 0 Å². The lowest BCUT2D eigenvalue weighted by molar-refractivity contribution is -0.259. The maximum absolute atomic E-state index is 14.6. The van der Waals surface area contributed by atoms with E-state index in [4.69, 9.17) is 0 Å². The number of fused-ring (bicyclic) bond motifs is 5. The third kappa shape index (κ3) is 0.773. The van der Waals surface area contributed by atoms with Gasteiger partial charge < -0.3 is 0 Å². The molecule has 102 valence electrons. The van der Waals surface area contributed by atoms with Crippen molar-refractivity contribution in [1.29, 1.82) is 0 Å². The van der Waals surface area contributed by atoms with Gasteiger partial charge in [-0.2, -0.15) is 17.6 Å². The van der Waals surface area contributed by atoms with Crippen LogP contribution in [0.15, 0.2) is 12.2 Å². The van der Waals surface area contributed by atoms with Gasteiger partial charge in [0.25, 0.3) is 0 Å². The zero-order valence-corrected chi connectivity index (χ0v) is 9.68. The second-order valence-electron chi connectivity index (χ2n) is 4.94. The minimum Gasteiger partial charge on any atom is -0.235 e. The Balaban J connectivity index is 2.35. The lowest BCUT2D eigenvalue weighted by Gasteiger charge is -2.37. The second-order valence-corrected chi connectivity index (χ2v) is 6.23. The summed E-state index contributed by atoms with van der Waals surface area (Å²) < 4.78 is 97.1. The fourth-order valence-electron chi connectivity index (χ4n) is 3.08. The van der Waals surface area contributed by atoms with E-state index >= 15 is 0 Å². The Kier molecular flexibility index (Phi) is 1.90. The first kappa shape index (κ1) is 12.6. The Morgan fingerprint density at radius 2 is 1.22 bits per heavy atom. The van der Waals surface area contributed by atoms with Crippen LogP contribution in [0.4, 0.5) is 30.7 Å². The molecule has 2 aliphatic heterocycles. The van der Waals surface area contributed by atoms with Crippen LogP contribution in [0.1, 0.15) is 6.92 Å². The van der Waals surface area contributed by atoms with Gasteiger partial charge in [-0.3, -0.25) is 0 Å². The number of rotatable bonds is 0. The summed E-state index contributed by atoms with van der Waals surface area (Å²) in [5.41, 5.74) is -12.4. The van der Waals surface area contributed by atoms with Crippen molar-refractivity contribution in [3.05, 3.63) is 12.2 Å². The van der Waals surface area contributed by atoms with Gasteiger partial charge in [0, 0.05) is 0 Å². The Bertz CT molecular complexity index is 421. The maximum Gasteiger partial charge on any atom is 0.351 e. The fourth-order valence-corrected chi connectivity index (χ4v) is 4.85. The summed E-state index contributed by atoms with van der Waals surface area (Å²) >= 11 is 0.412. The van der Waals surface area contributed by atoms with Crippen LogP contribution in [0.5, 0.6) is 0 Å². The fraction of sp³-hybridized carbons (Fsp3) is 0.800. The Hall–Kier alpha value is -0.400. The maximum atomic E-state index is 14.6. The third-order valence-corrected chi connectivity index (χ3v) is 5.74. The molecule has 0 radical (unpaired) electrons. The van der Waals surface area contributed by atoms with Crippen LogP contribution < -0.4 is 0 Å². The molecule has 0 aromatic heterocycles. The second kappa shape index (κ2) is 2.71. The van der Waals surface area contributed by atoms with E-state index < -0.39 is 39.4 Å². The summed E-state index contributed by atoms with van der Waals surface area (Å²) in [6.45, 7) is 0.0112. The standard InChI is InChI=1S/C10H7F7S/c1-6(11)7(12)4-2-3-5(18-4)8(7,13)10(16,17)9(6,14)15/h2-5H,1H3. The van der Waals surface area contributed by atoms with E-state index in [1.807, 2.05) is 0 Å². The lowest BCUT2D eigenvalue weighted by Crippen LogP contribution is -2.62. The van der Waals surface area contributed by atoms with Gasteiger partial charge in [0.15, 0.2) is 0 Å². The van der Waals surface area contributed by atoms with Crippen molar-refractivity contribution in [2.24, 2.45) is 0 Å². The molecule has 2 heterocycles. The molecule has 1 aliphatic carbocycles. The van der Waals surface area contributed by atoms with E-state index in [1.54, 1.807) is 0 Å². The van der Waals surface area contributed by atoms with Crippen LogP contribution in [-0.4, -0.2) is 39.4 Å². The molecule has 18 heavy (non-hydrogen) atoms. The molecular weight excluding hydrogens is 285 g/mol. The predicted octanol–water partition coefficient (Wildman–Crippen LogP) is 3.47. The van der Waals surface area contributed by atoms with Gasteiger partial charge >= 0.3 is 11.8 Å². The van der Waals surface area contributed by atoms with Crippen LogP contribution in [0.2, 0.25) is 0 Å². The van der Waals surface area contributed by atoms with Gasteiger partial charge in [-0.15, -0.1) is 11.8 Å². The van der Waals surface area contributed by atoms with E-state index in [0.717, 1.165) is 12.2 Å². The molecule has 8 heteroatoms. The highest BCUT2D eigenvalue weighted by Gasteiger charge is 3.00. The van der Waals surface area contributed by atoms with Crippen molar-refractivity contribution in [2.45, 2.75) is 46.3 Å². The lowest BCUT2D eigenvalue weighted by atomic mass is 9.74. The largest absolute Gasteiger partial charge is 0.351 e. The molecule has 3 rings (SSSR count). The molecule has 0 spiro atoms. The zero-order valence-electron chi connectivity index (χ0n) is 8.86. The minimum absolute atomic E-state index is 0.0112. The first-order valence-electron chi connectivity index (χ1n) is 5.12. The molecule has 0 amide bonds. The number of alkyl halides is 7. The number of halogens is 7. The SMILES string of the molecule is CC1(F)C(F)(F)C(F)(F)C2(F)C3C=CC(S3)C12F. The highest BCUT2D eigenvalue weighted by atomic mass is 32.2. The molecular formula is C10H7F7S. The Morgan fingerprint density at radius 1 is 0.778 bits per heavy atom. The summed E-state index contributed by atoms with van der Waals surface area (Å²) in [6.07, 6.45) is 1.88. The van der Waals surface area contributed by atoms with Gasteiger partial charge in [0.1, 0.15) is 0 Å².